The maximum atomic E-state index is 11.9. The number of carbonyl (C=O) groups excluding carboxylic acids is 1. The van der Waals surface area contributed by atoms with Crippen molar-refractivity contribution >= 4 is 11.7 Å². The van der Waals surface area contributed by atoms with Crippen LogP contribution in [0.4, 0.5) is 10.5 Å². The number of aromatic nitrogens is 2. The highest BCUT2D eigenvalue weighted by Gasteiger charge is 2.11. The zero-order chi connectivity index (χ0) is 12.3. The smallest absolute Gasteiger partial charge is 0.297 e. The fourth-order valence-corrected chi connectivity index (χ4v) is 1.42. The Balaban J connectivity index is 2.22. The molecule has 0 aliphatic heterocycles. The third-order valence-corrected chi connectivity index (χ3v) is 2.40. The number of rotatable bonds is 1. The maximum absolute atomic E-state index is 11.9. The first-order valence-corrected chi connectivity index (χ1v) is 4.98. The molecule has 2 aromatic rings. The molecular weight excluding hydrogens is 216 g/mol. The standard InChI is InChI=1S/C12H10N4O/c1-15(12(17)16-7-6-14-9-16)11-4-2-10(8-13)3-5-11/h2-7,9H,1H3. The van der Waals surface area contributed by atoms with Crippen LogP contribution in [0, 0.1) is 11.3 Å². The molecule has 0 saturated carbocycles. The van der Waals surface area contributed by atoms with E-state index in [0.29, 0.717) is 5.56 Å². The Morgan fingerprint density at radius 2 is 2.12 bits per heavy atom. The van der Waals surface area contributed by atoms with E-state index in [1.165, 1.54) is 15.8 Å². The summed E-state index contributed by atoms with van der Waals surface area (Å²) in [5.74, 6) is 0. The lowest BCUT2D eigenvalue weighted by Crippen LogP contribution is -2.30. The summed E-state index contributed by atoms with van der Waals surface area (Å²) in [4.78, 5) is 17.3. The van der Waals surface area contributed by atoms with Gasteiger partial charge >= 0.3 is 6.03 Å². The predicted molar refractivity (Wildman–Crippen MR) is 62.6 cm³/mol. The number of nitrogens with zero attached hydrogens (tertiary/aromatic N) is 4. The average Bonchev–Trinajstić information content (AvgIpc) is 2.91. The van der Waals surface area contributed by atoms with Crippen LogP contribution in [0.15, 0.2) is 43.0 Å². The number of anilines is 1. The van der Waals surface area contributed by atoms with Gasteiger partial charge in [0.05, 0.1) is 11.6 Å². The molecule has 0 aliphatic rings. The van der Waals surface area contributed by atoms with Gasteiger partial charge < -0.3 is 0 Å². The summed E-state index contributed by atoms with van der Waals surface area (Å²) in [6.45, 7) is 0. The zero-order valence-corrected chi connectivity index (χ0v) is 9.24. The molecule has 0 aliphatic carbocycles. The SMILES string of the molecule is CN(C(=O)n1ccnc1)c1ccc(C#N)cc1. The van der Waals surface area contributed by atoms with E-state index in [2.05, 4.69) is 4.98 Å². The number of benzene rings is 1. The van der Waals surface area contributed by atoms with Gasteiger partial charge in [0.2, 0.25) is 0 Å². The summed E-state index contributed by atoms with van der Waals surface area (Å²) in [5, 5.41) is 8.68. The van der Waals surface area contributed by atoms with E-state index < -0.39 is 0 Å². The van der Waals surface area contributed by atoms with Crippen molar-refractivity contribution in [1.29, 1.82) is 5.26 Å². The lowest BCUT2D eigenvalue weighted by Gasteiger charge is -2.17. The number of carbonyl (C=O) groups is 1. The van der Waals surface area contributed by atoms with Crippen molar-refractivity contribution in [3.63, 3.8) is 0 Å². The Morgan fingerprint density at radius 3 is 2.65 bits per heavy atom. The summed E-state index contributed by atoms with van der Waals surface area (Å²) < 4.78 is 1.39. The molecule has 0 radical (unpaired) electrons. The third-order valence-electron chi connectivity index (χ3n) is 2.40. The molecule has 0 unspecified atom stereocenters. The van der Waals surface area contributed by atoms with E-state index in [9.17, 15) is 4.79 Å². The van der Waals surface area contributed by atoms with Gasteiger partial charge in [0.25, 0.3) is 0 Å². The number of hydrogen-bond donors (Lipinski definition) is 0. The lowest BCUT2D eigenvalue weighted by molar-refractivity contribution is 0.249. The second-order valence-corrected chi connectivity index (χ2v) is 3.47. The van der Waals surface area contributed by atoms with Crippen molar-refractivity contribution in [2.24, 2.45) is 0 Å². The fraction of sp³-hybridized carbons (Fsp3) is 0.0833. The van der Waals surface area contributed by atoms with Crippen molar-refractivity contribution in [2.75, 3.05) is 11.9 Å². The van der Waals surface area contributed by atoms with Crippen LogP contribution in [0.1, 0.15) is 5.56 Å². The van der Waals surface area contributed by atoms with Gasteiger partial charge in [-0.05, 0) is 24.3 Å². The molecule has 84 valence electrons. The second kappa shape index (κ2) is 4.49. The lowest BCUT2D eigenvalue weighted by atomic mass is 10.2. The largest absolute Gasteiger partial charge is 0.333 e. The van der Waals surface area contributed by atoms with Crippen LogP contribution in [0.25, 0.3) is 0 Å². The van der Waals surface area contributed by atoms with Crippen LogP contribution >= 0.6 is 0 Å². The van der Waals surface area contributed by atoms with Gasteiger partial charge in [-0.15, -0.1) is 0 Å². The Bertz CT molecular complexity index is 551. The summed E-state index contributed by atoms with van der Waals surface area (Å²) in [7, 11) is 1.67. The number of nitriles is 1. The highest BCUT2D eigenvalue weighted by Crippen LogP contribution is 2.14. The first-order chi connectivity index (χ1) is 8.22. The van der Waals surface area contributed by atoms with Crippen LogP contribution in [0.2, 0.25) is 0 Å². The van der Waals surface area contributed by atoms with Crippen LogP contribution in [0.5, 0.6) is 0 Å². The van der Waals surface area contributed by atoms with E-state index in [1.807, 2.05) is 6.07 Å². The molecule has 0 atom stereocenters. The minimum Gasteiger partial charge on any atom is -0.297 e. The number of amides is 1. The van der Waals surface area contributed by atoms with Gasteiger partial charge in [0, 0.05) is 25.1 Å². The van der Waals surface area contributed by atoms with Crippen molar-refractivity contribution < 1.29 is 4.79 Å². The zero-order valence-electron chi connectivity index (χ0n) is 9.24. The second-order valence-electron chi connectivity index (χ2n) is 3.47. The summed E-state index contributed by atoms with van der Waals surface area (Å²) in [5.41, 5.74) is 1.29. The fourth-order valence-electron chi connectivity index (χ4n) is 1.42. The molecule has 2 rings (SSSR count). The van der Waals surface area contributed by atoms with Gasteiger partial charge in [-0.1, -0.05) is 0 Å². The van der Waals surface area contributed by atoms with Gasteiger partial charge in [-0.25, -0.2) is 9.78 Å². The van der Waals surface area contributed by atoms with Crippen molar-refractivity contribution in [3.8, 4) is 6.07 Å². The average molecular weight is 226 g/mol. The molecule has 0 N–H and O–H groups in total. The molecule has 0 bridgehead atoms. The highest BCUT2D eigenvalue weighted by atomic mass is 16.2. The Morgan fingerprint density at radius 1 is 1.41 bits per heavy atom. The quantitative estimate of drug-likeness (QED) is 0.745. The minimum absolute atomic E-state index is 0.202. The molecule has 1 heterocycles. The predicted octanol–water partition coefficient (Wildman–Crippen LogP) is 1.86. The van der Waals surface area contributed by atoms with E-state index in [1.54, 1.807) is 43.7 Å². The van der Waals surface area contributed by atoms with E-state index in [-0.39, 0.29) is 6.03 Å². The Labute approximate surface area is 98.5 Å². The summed E-state index contributed by atoms with van der Waals surface area (Å²) in [6.07, 6.45) is 4.58. The van der Waals surface area contributed by atoms with Gasteiger partial charge in [-0.2, -0.15) is 5.26 Å². The molecular formula is C12H10N4O. The molecule has 5 heteroatoms. The molecule has 0 saturated heterocycles. The van der Waals surface area contributed by atoms with Crippen molar-refractivity contribution in [2.45, 2.75) is 0 Å². The first kappa shape index (κ1) is 10.9. The topological polar surface area (TPSA) is 61.9 Å². The van der Waals surface area contributed by atoms with Gasteiger partial charge in [0.1, 0.15) is 6.33 Å². The van der Waals surface area contributed by atoms with Crippen LogP contribution in [-0.4, -0.2) is 22.6 Å². The monoisotopic (exact) mass is 226 g/mol. The Kier molecular flexibility index (Phi) is 2.88. The van der Waals surface area contributed by atoms with Gasteiger partial charge in [0.15, 0.2) is 0 Å². The first-order valence-electron chi connectivity index (χ1n) is 4.98. The molecule has 1 amide bonds. The minimum atomic E-state index is -0.202. The normalized spacial score (nSPS) is 9.65. The molecule has 1 aromatic heterocycles. The highest BCUT2D eigenvalue weighted by molar-refractivity contribution is 5.92. The summed E-state index contributed by atoms with van der Waals surface area (Å²) >= 11 is 0. The number of hydrogen-bond acceptors (Lipinski definition) is 3. The Hall–Kier alpha value is -2.61. The number of imidazole rings is 1. The summed E-state index contributed by atoms with van der Waals surface area (Å²) in [6, 6.07) is 8.64. The van der Waals surface area contributed by atoms with Gasteiger partial charge in [-0.3, -0.25) is 9.47 Å². The molecule has 0 fully saturated rings. The van der Waals surface area contributed by atoms with E-state index in [4.69, 9.17) is 5.26 Å². The maximum Gasteiger partial charge on any atom is 0.333 e. The molecule has 17 heavy (non-hydrogen) atoms. The molecule has 0 spiro atoms. The van der Waals surface area contributed by atoms with Crippen LogP contribution in [-0.2, 0) is 0 Å². The molecule has 1 aromatic carbocycles. The van der Waals surface area contributed by atoms with Crippen molar-refractivity contribution in [1.82, 2.24) is 9.55 Å². The molecule has 5 nitrogen and oxygen atoms in total. The van der Waals surface area contributed by atoms with Crippen LogP contribution in [0.3, 0.4) is 0 Å². The third kappa shape index (κ3) is 2.16. The van der Waals surface area contributed by atoms with E-state index in [0.717, 1.165) is 5.69 Å². The van der Waals surface area contributed by atoms with Crippen LogP contribution < -0.4 is 4.90 Å². The van der Waals surface area contributed by atoms with Crippen molar-refractivity contribution in [3.05, 3.63) is 48.5 Å². The van der Waals surface area contributed by atoms with E-state index >= 15 is 0 Å².